The van der Waals surface area contributed by atoms with Crippen LogP contribution >= 0.6 is 0 Å². The number of nitrogens with zero attached hydrogens (tertiary/aromatic N) is 1. The van der Waals surface area contributed by atoms with Crippen LogP contribution in [0, 0.1) is 23.2 Å². The van der Waals surface area contributed by atoms with Gasteiger partial charge in [-0.2, -0.15) is 0 Å². The van der Waals surface area contributed by atoms with Crippen molar-refractivity contribution in [2.24, 2.45) is 11.3 Å². The first kappa shape index (κ1) is 9.09. The highest BCUT2D eigenvalue weighted by atomic mass is 15.1. The standard InChI is InChI=1S/C12H19N/c1-11(2)3-4-12-5-8-13(9-6-12)10-7-12/h11H,5-10H2,1-2H3. The molecule has 0 atom stereocenters. The van der Waals surface area contributed by atoms with Gasteiger partial charge in [-0.25, -0.2) is 0 Å². The smallest absolute Gasteiger partial charge is 0.0351 e. The largest absolute Gasteiger partial charge is 0.303 e. The van der Waals surface area contributed by atoms with Gasteiger partial charge in [-0.1, -0.05) is 25.7 Å². The van der Waals surface area contributed by atoms with Gasteiger partial charge in [0.05, 0.1) is 0 Å². The minimum Gasteiger partial charge on any atom is -0.303 e. The summed E-state index contributed by atoms with van der Waals surface area (Å²) < 4.78 is 0. The molecule has 0 aromatic rings. The minimum absolute atomic E-state index is 0.416. The Balaban J connectivity index is 2.08. The molecule has 0 N–H and O–H groups in total. The van der Waals surface area contributed by atoms with Gasteiger partial charge in [0.2, 0.25) is 0 Å². The molecule has 0 amide bonds. The van der Waals surface area contributed by atoms with Crippen molar-refractivity contribution in [1.82, 2.24) is 4.90 Å². The molecule has 3 aliphatic rings. The van der Waals surface area contributed by atoms with Gasteiger partial charge in [0.25, 0.3) is 0 Å². The Kier molecular flexibility index (Phi) is 2.34. The van der Waals surface area contributed by atoms with E-state index in [1.807, 2.05) is 0 Å². The zero-order valence-electron chi connectivity index (χ0n) is 8.77. The Morgan fingerprint density at radius 1 is 1.08 bits per heavy atom. The SMILES string of the molecule is CC(C)C#CC12CCN(CC1)CC2. The molecule has 2 bridgehead atoms. The summed E-state index contributed by atoms with van der Waals surface area (Å²) in [7, 11) is 0. The predicted molar refractivity (Wildman–Crippen MR) is 55.3 cm³/mol. The van der Waals surface area contributed by atoms with E-state index in [1.165, 1.54) is 38.9 Å². The molecule has 0 radical (unpaired) electrons. The summed E-state index contributed by atoms with van der Waals surface area (Å²) in [5.41, 5.74) is 0.416. The van der Waals surface area contributed by atoms with Crippen LogP contribution in [0.1, 0.15) is 33.1 Å². The van der Waals surface area contributed by atoms with Crippen LogP contribution in [0.3, 0.4) is 0 Å². The molecule has 3 heterocycles. The van der Waals surface area contributed by atoms with E-state index in [1.54, 1.807) is 0 Å². The van der Waals surface area contributed by atoms with E-state index in [0.29, 0.717) is 11.3 Å². The third-order valence-electron chi connectivity index (χ3n) is 3.35. The Bertz CT molecular complexity index is 222. The summed E-state index contributed by atoms with van der Waals surface area (Å²) in [6.07, 6.45) is 3.94. The lowest BCUT2D eigenvalue weighted by molar-refractivity contribution is 0.0679. The maximum Gasteiger partial charge on any atom is 0.0351 e. The molecule has 0 aliphatic carbocycles. The normalized spacial score (nSPS) is 37.3. The maximum absolute atomic E-state index is 3.55. The molecule has 3 rings (SSSR count). The number of piperidine rings is 3. The van der Waals surface area contributed by atoms with Gasteiger partial charge in [-0.3, -0.25) is 0 Å². The van der Waals surface area contributed by atoms with Crippen LogP contribution in [0.2, 0.25) is 0 Å². The van der Waals surface area contributed by atoms with Crippen molar-refractivity contribution >= 4 is 0 Å². The van der Waals surface area contributed by atoms with Gasteiger partial charge in [0.1, 0.15) is 0 Å². The molecule has 3 aliphatic heterocycles. The van der Waals surface area contributed by atoms with Gasteiger partial charge in [-0.05, 0) is 38.9 Å². The fourth-order valence-corrected chi connectivity index (χ4v) is 2.31. The fourth-order valence-electron chi connectivity index (χ4n) is 2.31. The van der Waals surface area contributed by atoms with E-state index < -0.39 is 0 Å². The molecule has 1 nitrogen and oxygen atoms in total. The Hall–Kier alpha value is -0.480. The molecule has 72 valence electrons. The number of hydrogen-bond acceptors (Lipinski definition) is 1. The third kappa shape index (κ3) is 1.89. The highest BCUT2D eigenvalue weighted by Crippen LogP contribution is 2.39. The molecule has 0 saturated carbocycles. The molecule has 1 heteroatoms. The monoisotopic (exact) mass is 177 g/mol. The van der Waals surface area contributed by atoms with E-state index in [9.17, 15) is 0 Å². The molecule has 0 aromatic carbocycles. The third-order valence-corrected chi connectivity index (χ3v) is 3.35. The maximum atomic E-state index is 3.55. The first-order chi connectivity index (χ1) is 6.20. The highest BCUT2D eigenvalue weighted by Gasteiger charge is 2.37. The van der Waals surface area contributed by atoms with Crippen LogP contribution in [0.4, 0.5) is 0 Å². The average Bonchev–Trinajstić information content (AvgIpc) is 2.18. The van der Waals surface area contributed by atoms with Crippen LogP contribution in [0.25, 0.3) is 0 Å². The van der Waals surface area contributed by atoms with E-state index in [0.717, 1.165) is 0 Å². The van der Waals surface area contributed by atoms with Gasteiger partial charge in [-0.15, -0.1) is 0 Å². The zero-order valence-corrected chi connectivity index (χ0v) is 8.77. The van der Waals surface area contributed by atoms with Crippen LogP contribution in [-0.4, -0.2) is 24.5 Å². The molecule has 3 saturated heterocycles. The Labute approximate surface area is 81.5 Å². The molecule has 0 aromatic heterocycles. The van der Waals surface area contributed by atoms with E-state index in [2.05, 4.69) is 30.6 Å². The van der Waals surface area contributed by atoms with Gasteiger partial charge in [0, 0.05) is 11.3 Å². The summed E-state index contributed by atoms with van der Waals surface area (Å²) in [5, 5.41) is 0. The lowest BCUT2D eigenvalue weighted by Crippen LogP contribution is -2.47. The van der Waals surface area contributed by atoms with Crippen molar-refractivity contribution in [2.45, 2.75) is 33.1 Å². The molecular formula is C12H19N. The van der Waals surface area contributed by atoms with Crippen LogP contribution in [0.15, 0.2) is 0 Å². The second-order valence-electron chi connectivity index (χ2n) is 4.80. The predicted octanol–water partition coefficient (Wildman–Crippen LogP) is 2.13. The zero-order chi connectivity index (χ0) is 9.31. The van der Waals surface area contributed by atoms with Gasteiger partial charge >= 0.3 is 0 Å². The second kappa shape index (κ2) is 3.35. The van der Waals surface area contributed by atoms with Crippen molar-refractivity contribution in [2.75, 3.05) is 19.6 Å². The molecular weight excluding hydrogens is 158 g/mol. The second-order valence-corrected chi connectivity index (χ2v) is 4.80. The summed E-state index contributed by atoms with van der Waals surface area (Å²) in [6, 6.07) is 0. The quantitative estimate of drug-likeness (QED) is 0.512. The number of hydrogen-bond donors (Lipinski definition) is 0. The average molecular weight is 177 g/mol. The van der Waals surface area contributed by atoms with Crippen molar-refractivity contribution in [3.63, 3.8) is 0 Å². The first-order valence-corrected chi connectivity index (χ1v) is 5.45. The van der Waals surface area contributed by atoms with Crippen molar-refractivity contribution < 1.29 is 0 Å². The minimum atomic E-state index is 0.416. The lowest BCUT2D eigenvalue weighted by atomic mass is 9.72. The topological polar surface area (TPSA) is 3.24 Å². The molecule has 0 spiro atoms. The van der Waals surface area contributed by atoms with Crippen molar-refractivity contribution in [3.05, 3.63) is 0 Å². The fraction of sp³-hybridized carbons (Fsp3) is 0.833. The molecule has 3 fully saturated rings. The summed E-state index contributed by atoms with van der Waals surface area (Å²) in [6.45, 7) is 8.22. The Morgan fingerprint density at radius 2 is 1.62 bits per heavy atom. The number of rotatable bonds is 0. The number of fused-ring (bicyclic) bond motifs is 3. The van der Waals surface area contributed by atoms with Crippen molar-refractivity contribution in [1.29, 1.82) is 0 Å². The summed E-state index contributed by atoms with van der Waals surface area (Å²) in [4.78, 5) is 2.57. The Morgan fingerprint density at radius 3 is 2.08 bits per heavy atom. The lowest BCUT2D eigenvalue weighted by Gasteiger charge is -2.45. The van der Waals surface area contributed by atoms with Crippen molar-refractivity contribution in [3.8, 4) is 11.8 Å². The van der Waals surface area contributed by atoms with Crippen LogP contribution < -0.4 is 0 Å². The first-order valence-electron chi connectivity index (χ1n) is 5.45. The molecule has 13 heavy (non-hydrogen) atoms. The van der Waals surface area contributed by atoms with E-state index in [4.69, 9.17) is 0 Å². The summed E-state index contributed by atoms with van der Waals surface area (Å²) >= 11 is 0. The summed E-state index contributed by atoms with van der Waals surface area (Å²) in [5.74, 6) is 7.44. The van der Waals surface area contributed by atoms with Gasteiger partial charge in [0.15, 0.2) is 0 Å². The van der Waals surface area contributed by atoms with Gasteiger partial charge < -0.3 is 4.90 Å². The molecule has 0 unspecified atom stereocenters. The highest BCUT2D eigenvalue weighted by molar-refractivity contribution is 5.16. The van der Waals surface area contributed by atoms with Crippen LogP contribution in [0.5, 0.6) is 0 Å². The van der Waals surface area contributed by atoms with Crippen LogP contribution in [-0.2, 0) is 0 Å². The van der Waals surface area contributed by atoms with E-state index in [-0.39, 0.29) is 0 Å². The van der Waals surface area contributed by atoms with E-state index >= 15 is 0 Å².